The van der Waals surface area contributed by atoms with Crippen molar-refractivity contribution < 1.29 is 14.3 Å². The summed E-state index contributed by atoms with van der Waals surface area (Å²) in [7, 11) is 1.50. The van der Waals surface area contributed by atoms with Gasteiger partial charge in [0.1, 0.15) is 12.0 Å². The van der Waals surface area contributed by atoms with Crippen LogP contribution < -0.4 is 10.1 Å². The van der Waals surface area contributed by atoms with Crippen molar-refractivity contribution in [1.82, 2.24) is 0 Å². The molecule has 0 aromatic heterocycles. The lowest BCUT2D eigenvalue weighted by atomic mass is 10.2. The third-order valence-electron chi connectivity index (χ3n) is 1.76. The number of hydrogen-bond donors (Lipinski definition) is 1. The van der Waals surface area contributed by atoms with Crippen molar-refractivity contribution in [3.05, 3.63) is 23.8 Å². The van der Waals surface area contributed by atoms with Crippen LogP contribution in [0, 0.1) is 0 Å². The van der Waals surface area contributed by atoms with Gasteiger partial charge in [-0.1, -0.05) is 15.9 Å². The number of nitrogens with one attached hydrogen (secondary N) is 1. The van der Waals surface area contributed by atoms with E-state index in [9.17, 15) is 9.59 Å². The van der Waals surface area contributed by atoms with Gasteiger partial charge < -0.3 is 10.1 Å². The lowest BCUT2D eigenvalue weighted by Crippen LogP contribution is -2.13. The largest absolute Gasteiger partial charge is 0.495 e. The summed E-state index contributed by atoms with van der Waals surface area (Å²) in [6, 6.07) is 4.82. The fourth-order valence-electron chi connectivity index (χ4n) is 1.08. The van der Waals surface area contributed by atoms with Crippen LogP contribution in [0.1, 0.15) is 10.4 Å². The maximum Gasteiger partial charge on any atom is 0.235 e. The molecule has 0 fully saturated rings. The molecular formula is C10H10BrNO3. The molecule has 1 rings (SSSR count). The molecule has 0 unspecified atom stereocenters. The van der Waals surface area contributed by atoms with Crippen LogP contribution in [-0.4, -0.2) is 24.6 Å². The van der Waals surface area contributed by atoms with Crippen LogP contribution >= 0.6 is 15.9 Å². The van der Waals surface area contributed by atoms with E-state index in [1.807, 2.05) is 0 Å². The Morgan fingerprint density at radius 3 is 2.87 bits per heavy atom. The van der Waals surface area contributed by atoms with Gasteiger partial charge in [0, 0.05) is 5.56 Å². The Balaban J connectivity index is 3.00. The minimum absolute atomic E-state index is 0.196. The number of rotatable bonds is 4. The summed E-state index contributed by atoms with van der Waals surface area (Å²) in [5.74, 6) is 0.325. The standard InChI is InChI=1S/C10H10BrNO3/c1-15-9-3-2-7(6-13)4-8(9)12-10(14)5-11/h2-4,6H,5H2,1H3,(H,12,14). The second-order valence-electron chi connectivity index (χ2n) is 2.76. The highest BCUT2D eigenvalue weighted by Crippen LogP contribution is 2.24. The zero-order valence-corrected chi connectivity index (χ0v) is 9.71. The van der Waals surface area contributed by atoms with E-state index < -0.39 is 0 Å². The zero-order valence-electron chi connectivity index (χ0n) is 8.12. The molecule has 1 amide bonds. The summed E-state index contributed by atoms with van der Waals surface area (Å²) in [5.41, 5.74) is 0.979. The molecule has 0 spiro atoms. The Kier molecular flexibility index (Phi) is 4.30. The number of benzene rings is 1. The van der Waals surface area contributed by atoms with Gasteiger partial charge in [-0.15, -0.1) is 0 Å². The third kappa shape index (κ3) is 3.06. The van der Waals surface area contributed by atoms with E-state index in [-0.39, 0.29) is 11.2 Å². The Hall–Kier alpha value is -1.36. The molecule has 0 heterocycles. The summed E-state index contributed by atoms with van der Waals surface area (Å²) in [5, 5.41) is 2.81. The number of amides is 1. The quantitative estimate of drug-likeness (QED) is 0.672. The van der Waals surface area contributed by atoms with Crippen molar-refractivity contribution >= 4 is 33.8 Å². The van der Waals surface area contributed by atoms with Gasteiger partial charge in [0.2, 0.25) is 5.91 Å². The highest BCUT2D eigenvalue weighted by atomic mass is 79.9. The lowest BCUT2D eigenvalue weighted by molar-refractivity contribution is -0.113. The van der Waals surface area contributed by atoms with Crippen molar-refractivity contribution in [2.45, 2.75) is 0 Å². The van der Waals surface area contributed by atoms with E-state index >= 15 is 0 Å². The molecular weight excluding hydrogens is 262 g/mol. The first-order valence-electron chi connectivity index (χ1n) is 4.20. The fraction of sp³-hybridized carbons (Fsp3) is 0.200. The van der Waals surface area contributed by atoms with E-state index in [0.29, 0.717) is 23.3 Å². The minimum Gasteiger partial charge on any atom is -0.495 e. The Morgan fingerprint density at radius 2 is 2.33 bits per heavy atom. The number of halogens is 1. The molecule has 1 N–H and O–H groups in total. The van der Waals surface area contributed by atoms with Gasteiger partial charge in [0.05, 0.1) is 18.1 Å². The fourth-order valence-corrected chi connectivity index (χ4v) is 1.22. The number of methoxy groups -OCH3 is 1. The Bertz CT molecular complexity index is 379. The summed E-state index contributed by atoms with van der Waals surface area (Å²) >= 11 is 3.03. The number of carbonyl (C=O) groups is 2. The first-order valence-corrected chi connectivity index (χ1v) is 5.32. The highest BCUT2D eigenvalue weighted by Gasteiger charge is 2.07. The van der Waals surface area contributed by atoms with Gasteiger partial charge >= 0.3 is 0 Å². The normalized spacial score (nSPS) is 9.47. The summed E-state index contributed by atoms with van der Waals surface area (Å²) in [6.45, 7) is 0. The van der Waals surface area contributed by atoms with E-state index in [4.69, 9.17) is 4.74 Å². The summed E-state index contributed by atoms with van der Waals surface area (Å²) in [6.07, 6.45) is 0.712. The second kappa shape index (κ2) is 5.50. The molecule has 0 aliphatic rings. The molecule has 15 heavy (non-hydrogen) atoms. The summed E-state index contributed by atoms with van der Waals surface area (Å²) in [4.78, 5) is 21.7. The van der Waals surface area contributed by atoms with E-state index in [1.165, 1.54) is 7.11 Å². The predicted octanol–water partition coefficient (Wildman–Crippen LogP) is 1.84. The number of anilines is 1. The van der Waals surface area contributed by atoms with Crippen LogP contribution in [0.5, 0.6) is 5.75 Å². The average Bonchev–Trinajstić information content (AvgIpc) is 2.28. The van der Waals surface area contributed by atoms with Gasteiger partial charge in [0.15, 0.2) is 0 Å². The Labute approximate surface area is 95.7 Å². The van der Waals surface area contributed by atoms with Crippen molar-refractivity contribution in [3.8, 4) is 5.75 Å². The van der Waals surface area contributed by atoms with Crippen LogP contribution in [0.25, 0.3) is 0 Å². The molecule has 0 aliphatic carbocycles. The number of carbonyl (C=O) groups excluding carboxylic acids is 2. The van der Waals surface area contributed by atoms with Crippen molar-refractivity contribution in [3.63, 3.8) is 0 Å². The number of alkyl halides is 1. The molecule has 80 valence electrons. The number of ether oxygens (including phenoxy) is 1. The van der Waals surface area contributed by atoms with Crippen LogP contribution in [0.4, 0.5) is 5.69 Å². The number of aldehydes is 1. The van der Waals surface area contributed by atoms with Crippen molar-refractivity contribution in [2.24, 2.45) is 0 Å². The molecule has 0 atom stereocenters. The van der Waals surface area contributed by atoms with E-state index in [0.717, 1.165) is 0 Å². The first-order chi connectivity index (χ1) is 7.21. The highest BCUT2D eigenvalue weighted by molar-refractivity contribution is 9.09. The minimum atomic E-state index is -0.198. The monoisotopic (exact) mass is 271 g/mol. The third-order valence-corrected chi connectivity index (χ3v) is 2.26. The van der Waals surface area contributed by atoms with Crippen LogP contribution in [0.3, 0.4) is 0 Å². The molecule has 1 aromatic rings. The molecule has 0 bridgehead atoms. The molecule has 4 nitrogen and oxygen atoms in total. The van der Waals surface area contributed by atoms with E-state index in [1.54, 1.807) is 18.2 Å². The smallest absolute Gasteiger partial charge is 0.235 e. The topological polar surface area (TPSA) is 55.4 Å². The predicted molar refractivity (Wildman–Crippen MR) is 60.8 cm³/mol. The molecule has 0 radical (unpaired) electrons. The second-order valence-corrected chi connectivity index (χ2v) is 3.32. The maximum absolute atomic E-state index is 11.1. The molecule has 0 aliphatic heterocycles. The van der Waals surface area contributed by atoms with Crippen LogP contribution in [-0.2, 0) is 4.79 Å². The zero-order chi connectivity index (χ0) is 11.3. The SMILES string of the molecule is COc1ccc(C=O)cc1NC(=O)CBr. The number of hydrogen-bond acceptors (Lipinski definition) is 3. The lowest BCUT2D eigenvalue weighted by Gasteiger charge is -2.09. The van der Waals surface area contributed by atoms with Gasteiger partial charge in [-0.2, -0.15) is 0 Å². The van der Waals surface area contributed by atoms with Crippen molar-refractivity contribution in [2.75, 3.05) is 17.8 Å². The first kappa shape index (κ1) is 11.7. The molecule has 5 heteroatoms. The molecule has 0 saturated heterocycles. The summed E-state index contributed by atoms with van der Waals surface area (Å²) < 4.78 is 5.04. The van der Waals surface area contributed by atoms with E-state index in [2.05, 4.69) is 21.2 Å². The van der Waals surface area contributed by atoms with Crippen molar-refractivity contribution in [1.29, 1.82) is 0 Å². The van der Waals surface area contributed by atoms with Gasteiger partial charge in [0.25, 0.3) is 0 Å². The van der Waals surface area contributed by atoms with Gasteiger partial charge in [-0.3, -0.25) is 9.59 Å². The maximum atomic E-state index is 11.1. The van der Waals surface area contributed by atoms with Crippen LogP contribution in [0.2, 0.25) is 0 Å². The average molecular weight is 272 g/mol. The molecule has 1 aromatic carbocycles. The Morgan fingerprint density at radius 1 is 1.60 bits per heavy atom. The molecule has 0 saturated carbocycles. The van der Waals surface area contributed by atoms with Gasteiger partial charge in [-0.05, 0) is 18.2 Å². The van der Waals surface area contributed by atoms with Crippen LogP contribution in [0.15, 0.2) is 18.2 Å². The van der Waals surface area contributed by atoms with Gasteiger partial charge in [-0.25, -0.2) is 0 Å².